The molecule has 0 aliphatic rings. The van der Waals surface area contributed by atoms with Crippen molar-refractivity contribution in [3.63, 3.8) is 0 Å². The fourth-order valence-electron chi connectivity index (χ4n) is 1.77. The molecular weight excluding hydrogens is 351 g/mol. The predicted molar refractivity (Wildman–Crippen MR) is 76.6 cm³/mol. The Morgan fingerprint density at radius 3 is 2.95 bits per heavy atom. The van der Waals surface area contributed by atoms with Gasteiger partial charge in [-0.25, -0.2) is 4.39 Å². The Morgan fingerprint density at radius 1 is 1.55 bits per heavy atom. The third-order valence-corrected chi connectivity index (χ3v) is 3.64. The minimum Gasteiger partial charge on any atom is -0.383 e. The van der Waals surface area contributed by atoms with Crippen LogP contribution in [0.15, 0.2) is 28.9 Å². The van der Waals surface area contributed by atoms with E-state index in [2.05, 4.69) is 21.0 Å². The van der Waals surface area contributed by atoms with Gasteiger partial charge in [0.1, 0.15) is 11.5 Å². The molecule has 0 saturated carbocycles. The molecule has 106 valence electrons. The monoisotopic (exact) mass is 360 g/mol. The summed E-state index contributed by atoms with van der Waals surface area (Å²) < 4.78 is 20.6. The van der Waals surface area contributed by atoms with E-state index in [1.54, 1.807) is 13.2 Å². The molecule has 1 aromatic carbocycles. The predicted octanol–water partition coefficient (Wildman–Crippen LogP) is 3.32. The molecule has 1 heterocycles. The van der Waals surface area contributed by atoms with E-state index in [1.807, 2.05) is 0 Å². The van der Waals surface area contributed by atoms with Crippen LogP contribution in [0.5, 0.6) is 0 Å². The average Bonchev–Trinajstić information content (AvgIpc) is 2.77. The van der Waals surface area contributed by atoms with Crippen LogP contribution in [0, 0.1) is 5.82 Å². The van der Waals surface area contributed by atoms with Crippen LogP contribution in [0.2, 0.25) is 5.02 Å². The van der Waals surface area contributed by atoms with Crippen molar-refractivity contribution in [1.29, 1.82) is 0 Å². The van der Waals surface area contributed by atoms with E-state index in [0.29, 0.717) is 17.6 Å². The lowest BCUT2D eigenvalue weighted by Gasteiger charge is -2.09. The lowest BCUT2D eigenvalue weighted by molar-refractivity contribution is 0.102. The summed E-state index contributed by atoms with van der Waals surface area (Å²) in [7, 11) is 1.54. The first kappa shape index (κ1) is 15.2. The Bertz CT molecular complexity index is 625. The Balaban J connectivity index is 2.46. The minimum absolute atomic E-state index is 0.0615. The number of nitrogens with zero attached hydrogens (tertiary/aromatic N) is 2. The molecule has 20 heavy (non-hydrogen) atoms. The molecule has 0 aliphatic carbocycles. The van der Waals surface area contributed by atoms with E-state index in [9.17, 15) is 9.18 Å². The van der Waals surface area contributed by atoms with Crippen molar-refractivity contribution in [1.82, 2.24) is 9.78 Å². The molecule has 4 nitrogen and oxygen atoms in total. The number of ketones is 1. The topological polar surface area (TPSA) is 44.1 Å². The fraction of sp³-hybridized carbons (Fsp3) is 0.231. The first-order chi connectivity index (χ1) is 9.56. The van der Waals surface area contributed by atoms with Crippen molar-refractivity contribution in [3.05, 3.63) is 51.0 Å². The largest absolute Gasteiger partial charge is 0.383 e. The van der Waals surface area contributed by atoms with E-state index in [4.69, 9.17) is 16.3 Å². The van der Waals surface area contributed by atoms with Crippen LogP contribution in [0.4, 0.5) is 4.39 Å². The highest BCUT2D eigenvalue weighted by molar-refractivity contribution is 9.10. The number of halogens is 3. The molecule has 0 N–H and O–H groups in total. The van der Waals surface area contributed by atoms with Gasteiger partial charge < -0.3 is 4.74 Å². The molecule has 0 radical (unpaired) electrons. The van der Waals surface area contributed by atoms with Gasteiger partial charge in [0.15, 0.2) is 0 Å². The summed E-state index contributed by atoms with van der Waals surface area (Å²) in [5.41, 5.74) is 0.0862. The summed E-state index contributed by atoms with van der Waals surface area (Å²) in [4.78, 5) is 12.5. The highest BCUT2D eigenvalue weighted by atomic mass is 79.9. The summed E-state index contributed by atoms with van der Waals surface area (Å²) >= 11 is 9.17. The molecule has 0 fully saturated rings. The summed E-state index contributed by atoms with van der Waals surface area (Å²) in [6, 6.07) is 4.34. The van der Waals surface area contributed by atoms with Crippen LogP contribution in [-0.4, -0.2) is 29.3 Å². The fourth-order valence-corrected chi connectivity index (χ4v) is 2.52. The molecule has 0 atom stereocenters. The zero-order chi connectivity index (χ0) is 14.7. The van der Waals surface area contributed by atoms with Crippen molar-refractivity contribution in [3.8, 4) is 0 Å². The van der Waals surface area contributed by atoms with Crippen LogP contribution < -0.4 is 0 Å². The van der Waals surface area contributed by atoms with E-state index in [1.165, 1.54) is 23.0 Å². The third kappa shape index (κ3) is 2.92. The maximum absolute atomic E-state index is 13.9. The second-order valence-corrected chi connectivity index (χ2v) is 5.24. The number of hydrogen-bond acceptors (Lipinski definition) is 3. The molecular formula is C13H11BrClFN2O2. The van der Waals surface area contributed by atoms with E-state index in [0.717, 1.165) is 0 Å². The van der Waals surface area contributed by atoms with Gasteiger partial charge in [-0.2, -0.15) is 5.10 Å². The van der Waals surface area contributed by atoms with E-state index >= 15 is 0 Å². The van der Waals surface area contributed by atoms with Gasteiger partial charge in [-0.05, 0) is 28.1 Å². The molecule has 1 aromatic heterocycles. The zero-order valence-corrected chi connectivity index (χ0v) is 12.9. The highest BCUT2D eigenvalue weighted by Crippen LogP contribution is 2.26. The van der Waals surface area contributed by atoms with Crippen LogP contribution >= 0.6 is 27.5 Å². The van der Waals surface area contributed by atoms with E-state index in [-0.39, 0.29) is 16.3 Å². The summed E-state index contributed by atoms with van der Waals surface area (Å²) in [5.74, 6) is -1.13. The van der Waals surface area contributed by atoms with Crippen LogP contribution in [0.25, 0.3) is 0 Å². The van der Waals surface area contributed by atoms with Gasteiger partial charge in [-0.15, -0.1) is 0 Å². The highest BCUT2D eigenvalue weighted by Gasteiger charge is 2.23. The van der Waals surface area contributed by atoms with Crippen LogP contribution in [0.3, 0.4) is 0 Å². The molecule has 0 saturated heterocycles. The van der Waals surface area contributed by atoms with Crippen molar-refractivity contribution < 1.29 is 13.9 Å². The number of carbonyl (C=O) groups is 1. The van der Waals surface area contributed by atoms with Gasteiger partial charge in [-0.3, -0.25) is 9.48 Å². The number of rotatable bonds is 5. The first-order valence-electron chi connectivity index (χ1n) is 5.75. The number of aromatic nitrogens is 2. The minimum atomic E-state index is -0.611. The number of hydrogen-bond donors (Lipinski definition) is 0. The Kier molecular flexibility index (Phi) is 4.91. The quantitative estimate of drug-likeness (QED) is 0.768. The molecule has 0 aliphatic heterocycles. The van der Waals surface area contributed by atoms with Crippen molar-refractivity contribution >= 4 is 33.3 Å². The standard InChI is InChI=1S/C13H11BrClFN2O2/c1-20-6-5-18-12(9(15)7-17-18)13(19)11-8(14)3-2-4-10(11)16/h2-4,7H,5-6H2,1H3. The lowest BCUT2D eigenvalue weighted by atomic mass is 10.1. The number of benzene rings is 1. The lowest BCUT2D eigenvalue weighted by Crippen LogP contribution is -2.16. The Labute approximate surface area is 128 Å². The molecule has 0 unspecified atom stereocenters. The molecule has 0 bridgehead atoms. The SMILES string of the molecule is COCCn1ncc(Cl)c1C(=O)c1c(F)cccc1Br. The summed E-state index contributed by atoms with van der Waals surface area (Å²) in [6.45, 7) is 0.729. The zero-order valence-electron chi connectivity index (χ0n) is 10.6. The first-order valence-corrected chi connectivity index (χ1v) is 6.92. The van der Waals surface area contributed by atoms with Crippen LogP contribution in [0.1, 0.15) is 16.1 Å². The molecule has 0 spiro atoms. The number of ether oxygens (including phenoxy) is 1. The second kappa shape index (κ2) is 6.47. The normalized spacial score (nSPS) is 10.8. The molecule has 2 aromatic rings. The van der Waals surface area contributed by atoms with Gasteiger partial charge in [0.05, 0.1) is 29.9 Å². The van der Waals surface area contributed by atoms with Crippen LogP contribution in [-0.2, 0) is 11.3 Å². The average molecular weight is 362 g/mol. The summed E-state index contributed by atoms with van der Waals surface area (Å²) in [6.07, 6.45) is 1.36. The van der Waals surface area contributed by atoms with Crippen molar-refractivity contribution in [2.75, 3.05) is 13.7 Å². The third-order valence-electron chi connectivity index (χ3n) is 2.71. The van der Waals surface area contributed by atoms with Gasteiger partial charge in [0.2, 0.25) is 5.78 Å². The van der Waals surface area contributed by atoms with Gasteiger partial charge in [-0.1, -0.05) is 17.7 Å². The Morgan fingerprint density at radius 2 is 2.30 bits per heavy atom. The molecule has 7 heteroatoms. The molecule has 0 amide bonds. The molecule has 2 rings (SSSR count). The Hall–Kier alpha value is -1.24. The number of methoxy groups -OCH3 is 1. The smallest absolute Gasteiger partial charge is 0.216 e. The summed E-state index contributed by atoms with van der Waals surface area (Å²) in [5, 5.41) is 4.19. The van der Waals surface area contributed by atoms with E-state index < -0.39 is 11.6 Å². The van der Waals surface area contributed by atoms with Gasteiger partial charge in [0, 0.05) is 11.6 Å². The van der Waals surface area contributed by atoms with Crippen molar-refractivity contribution in [2.24, 2.45) is 0 Å². The van der Waals surface area contributed by atoms with Crippen molar-refractivity contribution in [2.45, 2.75) is 6.54 Å². The number of carbonyl (C=O) groups excluding carboxylic acids is 1. The maximum Gasteiger partial charge on any atom is 0.216 e. The second-order valence-electron chi connectivity index (χ2n) is 3.98. The van der Waals surface area contributed by atoms with Gasteiger partial charge >= 0.3 is 0 Å². The maximum atomic E-state index is 13.9. The van der Waals surface area contributed by atoms with Gasteiger partial charge in [0.25, 0.3) is 0 Å².